The van der Waals surface area contributed by atoms with Gasteiger partial charge in [-0.2, -0.15) is 0 Å². The van der Waals surface area contributed by atoms with Crippen LogP contribution in [0.2, 0.25) is 10.0 Å². The maximum absolute atomic E-state index is 12.8. The number of imide groups is 1. The Morgan fingerprint density at radius 2 is 1.65 bits per heavy atom. The number of ether oxygens (including phenoxy) is 2. The summed E-state index contributed by atoms with van der Waals surface area (Å²) in [6.45, 7) is 2.46. The van der Waals surface area contributed by atoms with Gasteiger partial charge in [0, 0.05) is 0 Å². The maximum Gasteiger partial charge on any atom is 0.329 e. The van der Waals surface area contributed by atoms with Gasteiger partial charge in [0.05, 0.1) is 23.7 Å². The third kappa shape index (κ3) is 5.35. The van der Waals surface area contributed by atoms with Crippen LogP contribution in [0.1, 0.15) is 22.3 Å². The van der Waals surface area contributed by atoms with Crippen molar-refractivity contribution >= 4 is 41.2 Å². The first-order chi connectivity index (χ1) is 16.3. The third-order valence-corrected chi connectivity index (χ3v) is 6.04. The van der Waals surface area contributed by atoms with Gasteiger partial charge in [-0.3, -0.25) is 9.69 Å². The van der Waals surface area contributed by atoms with Gasteiger partial charge >= 0.3 is 6.03 Å². The molecule has 1 aliphatic rings. The van der Waals surface area contributed by atoms with E-state index < -0.39 is 6.03 Å². The first-order valence-corrected chi connectivity index (χ1v) is 11.2. The van der Waals surface area contributed by atoms with Crippen LogP contribution in [0.25, 0.3) is 6.08 Å². The standard InChI is InChI=1S/C26H22Cl2N2O4/c1-16-3-5-17(6-4-16)14-30-25(31)22(29-26(30)32)12-18-8-10-23(24(13-18)33-2)34-15-19-7-9-20(27)21(28)11-19/h3-13H,14-15H2,1-2H3,(H,29,32)/b22-12+. The minimum atomic E-state index is -0.453. The lowest BCUT2D eigenvalue weighted by Crippen LogP contribution is -2.30. The van der Waals surface area contributed by atoms with Crippen LogP contribution in [0.15, 0.2) is 66.4 Å². The number of hydrogen-bond acceptors (Lipinski definition) is 4. The molecule has 0 aromatic heterocycles. The fourth-order valence-electron chi connectivity index (χ4n) is 3.44. The SMILES string of the molecule is COc1cc(/C=C2/NC(=O)N(Cc3ccc(C)cc3)C2=O)ccc1OCc1ccc(Cl)c(Cl)c1. The van der Waals surface area contributed by atoms with Gasteiger partial charge in [0.1, 0.15) is 12.3 Å². The smallest absolute Gasteiger partial charge is 0.329 e. The summed E-state index contributed by atoms with van der Waals surface area (Å²) in [5.41, 5.74) is 3.72. The number of benzene rings is 3. The number of aryl methyl sites for hydroxylation is 1. The van der Waals surface area contributed by atoms with Crippen molar-refractivity contribution in [3.63, 3.8) is 0 Å². The lowest BCUT2D eigenvalue weighted by Gasteiger charge is -2.12. The van der Waals surface area contributed by atoms with E-state index in [1.807, 2.05) is 37.3 Å². The third-order valence-electron chi connectivity index (χ3n) is 5.30. The van der Waals surface area contributed by atoms with Crippen molar-refractivity contribution in [2.75, 3.05) is 7.11 Å². The minimum absolute atomic E-state index is 0.198. The lowest BCUT2D eigenvalue weighted by molar-refractivity contribution is -0.123. The van der Waals surface area contributed by atoms with Crippen molar-refractivity contribution < 1.29 is 19.1 Å². The van der Waals surface area contributed by atoms with E-state index in [0.29, 0.717) is 27.1 Å². The summed E-state index contributed by atoms with van der Waals surface area (Å²) in [4.78, 5) is 26.4. The van der Waals surface area contributed by atoms with Gasteiger partial charge in [-0.15, -0.1) is 0 Å². The molecular weight excluding hydrogens is 475 g/mol. The fourth-order valence-corrected chi connectivity index (χ4v) is 3.76. The van der Waals surface area contributed by atoms with E-state index in [2.05, 4.69) is 5.32 Å². The number of rotatable bonds is 7. The van der Waals surface area contributed by atoms with E-state index in [4.69, 9.17) is 32.7 Å². The highest BCUT2D eigenvalue weighted by Gasteiger charge is 2.33. The molecule has 34 heavy (non-hydrogen) atoms. The summed E-state index contributed by atoms with van der Waals surface area (Å²) in [6, 6.07) is 17.8. The summed E-state index contributed by atoms with van der Waals surface area (Å²) >= 11 is 12.0. The van der Waals surface area contributed by atoms with Crippen LogP contribution in [0.3, 0.4) is 0 Å². The van der Waals surface area contributed by atoms with Crippen LogP contribution in [0.5, 0.6) is 11.5 Å². The van der Waals surface area contributed by atoms with E-state index in [1.165, 1.54) is 12.0 Å². The molecule has 1 saturated heterocycles. The molecule has 1 N–H and O–H groups in total. The van der Waals surface area contributed by atoms with Gasteiger partial charge < -0.3 is 14.8 Å². The van der Waals surface area contributed by atoms with E-state index >= 15 is 0 Å². The maximum atomic E-state index is 12.8. The Labute approximate surface area is 207 Å². The molecule has 3 amide bonds. The molecule has 3 aromatic carbocycles. The van der Waals surface area contributed by atoms with Crippen molar-refractivity contribution in [3.8, 4) is 11.5 Å². The number of methoxy groups -OCH3 is 1. The quantitative estimate of drug-likeness (QED) is 0.322. The molecule has 0 bridgehead atoms. The highest BCUT2D eigenvalue weighted by molar-refractivity contribution is 6.42. The Bertz CT molecular complexity index is 1270. The molecule has 3 aromatic rings. The Morgan fingerprint density at radius 3 is 2.35 bits per heavy atom. The Balaban J connectivity index is 1.47. The molecule has 1 aliphatic heterocycles. The Hall–Kier alpha value is -3.48. The van der Waals surface area contributed by atoms with Crippen molar-refractivity contribution in [3.05, 3.63) is 98.7 Å². The topological polar surface area (TPSA) is 67.9 Å². The number of carbonyl (C=O) groups excluding carboxylic acids is 2. The molecular formula is C26H22Cl2N2O4. The van der Waals surface area contributed by atoms with E-state index in [0.717, 1.165) is 16.7 Å². The summed E-state index contributed by atoms with van der Waals surface area (Å²) in [6.07, 6.45) is 1.61. The largest absolute Gasteiger partial charge is 0.493 e. The number of hydrogen-bond donors (Lipinski definition) is 1. The van der Waals surface area contributed by atoms with Crippen LogP contribution in [0, 0.1) is 6.92 Å². The van der Waals surface area contributed by atoms with Gasteiger partial charge in [0.2, 0.25) is 0 Å². The van der Waals surface area contributed by atoms with E-state index in [-0.39, 0.29) is 24.8 Å². The van der Waals surface area contributed by atoms with Crippen molar-refractivity contribution in [1.82, 2.24) is 10.2 Å². The van der Waals surface area contributed by atoms with Crippen LogP contribution in [-0.2, 0) is 17.9 Å². The number of urea groups is 1. The molecule has 8 heteroatoms. The molecule has 0 atom stereocenters. The summed E-state index contributed by atoms with van der Waals surface area (Å²) in [5.74, 6) is 0.630. The molecule has 6 nitrogen and oxygen atoms in total. The van der Waals surface area contributed by atoms with Gasteiger partial charge in [-0.05, 0) is 54.0 Å². The predicted molar refractivity (Wildman–Crippen MR) is 132 cm³/mol. The molecule has 0 unspecified atom stereocenters. The highest BCUT2D eigenvalue weighted by Crippen LogP contribution is 2.31. The molecule has 0 spiro atoms. The second kappa shape index (κ2) is 10.2. The van der Waals surface area contributed by atoms with Crippen LogP contribution >= 0.6 is 23.2 Å². The van der Waals surface area contributed by atoms with Crippen LogP contribution < -0.4 is 14.8 Å². The normalized spacial score (nSPS) is 14.5. The molecule has 0 saturated carbocycles. The van der Waals surface area contributed by atoms with Crippen molar-refractivity contribution in [2.45, 2.75) is 20.1 Å². The number of halogens is 2. The molecule has 0 aliphatic carbocycles. The molecule has 4 rings (SSSR count). The second-order valence-corrected chi connectivity index (χ2v) is 8.63. The predicted octanol–water partition coefficient (Wildman–Crippen LogP) is 5.98. The van der Waals surface area contributed by atoms with Gasteiger partial charge in [0.15, 0.2) is 11.5 Å². The van der Waals surface area contributed by atoms with Crippen molar-refractivity contribution in [1.29, 1.82) is 0 Å². The zero-order valence-corrected chi connectivity index (χ0v) is 20.1. The molecule has 1 heterocycles. The molecule has 0 radical (unpaired) electrons. The Morgan fingerprint density at radius 1 is 0.912 bits per heavy atom. The number of amides is 3. The number of carbonyl (C=O) groups is 2. The summed E-state index contributed by atoms with van der Waals surface area (Å²) in [7, 11) is 1.53. The Kier molecular flexibility index (Phi) is 7.10. The van der Waals surface area contributed by atoms with Gasteiger partial charge in [-0.1, -0.05) is 65.2 Å². The van der Waals surface area contributed by atoms with Crippen LogP contribution in [-0.4, -0.2) is 23.9 Å². The van der Waals surface area contributed by atoms with Crippen LogP contribution in [0.4, 0.5) is 4.79 Å². The average molecular weight is 497 g/mol. The fraction of sp³-hybridized carbons (Fsp3) is 0.154. The zero-order valence-electron chi connectivity index (χ0n) is 18.6. The van der Waals surface area contributed by atoms with E-state index in [1.54, 1.807) is 36.4 Å². The van der Waals surface area contributed by atoms with Gasteiger partial charge in [-0.25, -0.2) is 4.79 Å². The monoisotopic (exact) mass is 496 g/mol. The second-order valence-electron chi connectivity index (χ2n) is 7.81. The van der Waals surface area contributed by atoms with Gasteiger partial charge in [0.25, 0.3) is 5.91 Å². The van der Waals surface area contributed by atoms with Crippen molar-refractivity contribution in [2.24, 2.45) is 0 Å². The minimum Gasteiger partial charge on any atom is -0.493 e. The van der Waals surface area contributed by atoms with E-state index in [9.17, 15) is 9.59 Å². The average Bonchev–Trinajstić information content (AvgIpc) is 3.08. The number of nitrogens with zero attached hydrogens (tertiary/aromatic N) is 1. The molecule has 1 fully saturated rings. The first kappa shape index (κ1) is 23.7. The summed E-state index contributed by atoms with van der Waals surface area (Å²) in [5, 5.41) is 3.58. The zero-order chi connectivity index (χ0) is 24.2. The molecule has 174 valence electrons. The number of nitrogens with one attached hydrogen (secondary N) is 1. The lowest BCUT2D eigenvalue weighted by atomic mass is 10.1. The summed E-state index contributed by atoms with van der Waals surface area (Å²) < 4.78 is 11.3. The first-order valence-electron chi connectivity index (χ1n) is 10.5. The highest BCUT2D eigenvalue weighted by atomic mass is 35.5.